The van der Waals surface area contributed by atoms with Gasteiger partial charge >= 0.3 is 0 Å². The molecule has 0 aliphatic rings. The number of pyridine rings is 1. The van der Waals surface area contributed by atoms with E-state index in [1.54, 1.807) is 0 Å². The van der Waals surface area contributed by atoms with Gasteiger partial charge in [-0.1, -0.05) is 12.1 Å². The lowest BCUT2D eigenvalue weighted by atomic mass is 10.1. The maximum Gasteiger partial charge on any atom is 0.221 e. The highest BCUT2D eigenvalue weighted by atomic mass is 16.5. The van der Waals surface area contributed by atoms with Gasteiger partial charge in [0.15, 0.2) is 11.5 Å². The van der Waals surface area contributed by atoms with Gasteiger partial charge in [-0.2, -0.15) is 0 Å². The van der Waals surface area contributed by atoms with Gasteiger partial charge in [0.2, 0.25) is 5.91 Å². The molecular weight excluding hydrogens is 402 g/mol. The van der Waals surface area contributed by atoms with Crippen molar-refractivity contribution in [1.82, 2.24) is 19.5 Å². The van der Waals surface area contributed by atoms with Crippen LogP contribution < -0.4 is 10.1 Å². The first-order chi connectivity index (χ1) is 15.5. The second-order valence-electron chi connectivity index (χ2n) is 7.96. The quantitative estimate of drug-likeness (QED) is 0.422. The fourth-order valence-corrected chi connectivity index (χ4v) is 3.48. The minimum atomic E-state index is -0.0849. The highest BCUT2D eigenvalue weighted by molar-refractivity contribution is 5.89. The van der Waals surface area contributed by atoms with E-state index >= 15 is 0 Å². The molecule has 4 aromatic rings. The smallest absolute Gasteiger partial charge is 0.221 e. The summed E-state index contributed by atoms with van der Waals surface area (Å²) in [6.45, 7) is 3.19. The number of fused-ring (bicyclic) bond motifs is 1. The first kappa shape index (κ1) is 21.5. The number of aromatic nitrogens is 3. The van der Waals surface area contributed by atoms with Gasteiger partial charge in [0.1, 0.15) is 5.75 Å². The molecule has 0 aliphatic carbocycles. The molecule has 0 fully saturated rings. The number of hydrogen-bond acceptors (Lipinski definition) is 5. The summed E-state index contributed by atoms with van der Waals surface area (Å²) in [5.41, 5.74) is 4.60. The van der Waals surface area contributed by atoms with Crippen molar-refractivity contribution in [3.8, 4) is 28.3 Å². The highest BCUT2D eigenvalue weighted by Crippen LogP contribution is 2.26. The molecule has 4 rings (SSSR count). The summed E-state index contributed by atoms with van der Waals surface area (Å²) in [6.07, 6.45) is 3.02. The van der Waals surface area contributed by atoms with Crippen LogP contribution in [0.1, 0.15) is 13.3 Å². The number of carbonyl (C=O) groups is 1. The van der Waals surface area contributed by atoms with Crippen LogP contribution >= 0.6 is 0 Å². The normalized spacial score (nSPS) is 11.1. The van der Waals surface area contributed by atoms with Crippen molar-refractivity contribution in [1.29, 1.82) is 0 Å². The van der Waals surface area contributed by atoms with Gasteiger partial charge in [0.25, 0.3) is 0 Å². The maximum absolute atomic E-state index is 11.2. The number of amides is 1. The average Bonchev–Trinajstić information content (AvgIpc) is 3.20. The minimum absolute atomic E-state index is 0.0849. The third-order valence-electron chi connectivity index (χ3n) is 5.07. The number of benzene rings is 2. The fraction of sp³-hybridized carbons (Fsp3) is 0.240. The van der Waals surface area contributed by atoms with Crippen LogP contribution in [-0.2, 0) is 4.79 Å². The van der Waals surface area contributed by atoms with Crippen molar-refractivity contribution in [3.63, 3.8) is 0 Å². The molecule has 2 aromatic carbocycles. The number of nitrogens with zero attached hydrogens (tertiary/aromatic N) is 4. The van der Waals surface area contributed by atoms with Crippen LogP contribution in [0.5, 0.6) is 5.75 Å². The molecular formula is C25H27N5O2. The van der Waals surface area contributed by atoms with E-state index in [0.29, 0.717) is 6.61 Å². The van der Waals surface area contributed by atoms with Gasteiger partial charge < -0.3 is 15.0 Å². The highest BCUT2D eigenvalue weighted by Gasteiger charge is 2.10. The van der Waals surface area contributed by atoms with Gasteiger partial charge in [-0.25, -0.2) is 0 Å². The Morgan fingerprint density at radius 1 is 0.938 bits per heavy atom. The molecule has 2 aromatic heterocycles. The molecule has 1 N–H and O–H groups in total. The summed E-state index contributed by atoms with van der Waals surface area (Å²) < 4.78 is 7.82. The van der Waals surface area contributed by atoms with E-state index in [0.717, 1.165) is 52.6 Å². The lowest BCUT2D eigenvalue weighted by molar-refractivity contribution is -0.114. The maximum atomic E-state index is 11.2. The molecule has 0 spiro atoms. The molecule has 0 radical (unpaired) electrons. The van der Waals surface area contributed by atoms with Crippen molar-refractivity contribution >= 4 is 17.2 Å². The molecule has 7 nitrogen and oxygen atoms in total. The van der Waals surface area contributed by atoms with E-state index in [1.807, 2.05) is 71.3 Å². The Balaban J connectivity index is 1.53. The Hall–Kier alpha value is -3.71. The molecule has 0 saturated heterocycles. The second kappa shape index (κ2) is 9.62. The summed E-state index contributed by atoms with van der Waals surface area (Å²) in [5.74, 6) is 1.54. The SMILES string of the molecule is CC(=O)Nc1ccc(-c2ccc3nnc(-c4ccc(OCCCN(C)C)cc4)n3c2)cc1. The molecule has 32 heavy (non-hydrogen) atoms. The number of anilines is 1. The van der Waals surface area contributed by atoms with Gasteiger partial charge in [0, 0.05) is 30.9 Å². The van der Waals surface area contributed by atoms with Crippen molar-refractivity contribution < 1.29 is 9.53 Å². The van der Waals surface area contributed by atoms with Crippen LogP contribution in [0.15, 0.2) is 66.9 Å². The Morgan fingerprint density at radius 2 is 1.62 bits per heavy atom. The lowest BCUT2D eigenvalue weighted by Gasteiger charge is -2.10. The van der Waals surface area contributed by atoms with Crippen molar-refractivity contribution in [2.24, 2.45) is 0 Å². The molecule has 0 unspecified atom stereocenters. The monoisotopic (exact) mass is 429 g/mol. The number of ether oxygens (including phenoxy) is 1. The molecule has 1 amide bonds. The number of rotatable bonds is 8. The predicted octanol–water partition coefficient (Wildman–Crippen LogP) is 4.35. The average molecular weight is 430 g/mol. The molecule has 0 saturated carbocycles. The first-order valence-electron chi connectivity index (χ1n) is 10.6. The van der Waals surface area contributed by atoms with Gasteiger partial charge in [0.05, 0.1) is 6.61 Å². The van der Waals surface area contributed by atoms with Crippen molar-refractivity contribution in [2.45, 2.75) is 13.3 Å². The van der Waals surface area contributed by atoms with Crippen LogP contribution in [0.3, 0.4) is 0 Å². The lowest BCUT2D eigenvalue weighted by Crippen LogP contribution is -2.15. The summed E-state index contributed by atoms with van der Waals surface area (Å²) in [7, 11) is 4.12. The molecule has 2 heterocycles. The summed E-state index contributed by atoms with van der Waals surface area (Å²) in [6, 6.07) is 19.7. The molecule has 0 bridgehead atoms. The second-order valence-corrected chi connectivity index (χ2v) is 7.96. The molecule has 0 atom stereocenters. The summed E-state index contributed by atoms with van der Waals surface area (Å²) >= 11 is 0. The molecule has 0 aliphatic heterocycles. The topological polar surface area (TPSA) is 71.8 Å². The van der Waals surface area contributed by atoms with Crippen molar-refractivity contribution in [2.75, 3.05) is 32.6 Å². The van der Waals surface area contributed by atoms with E-state index < -0.39 is 0 Å². The van der Waals surface area contributed by atoms with Gasteiger partial charge in [-0.05, 0) is 80.2 Å². The summed E-state index contributed by atoms with van der Waals surface area (Å²) in [4.78, 5) is 13.4. The van der Waals surface area contributed by atoms with E-state index in [-0.39, 0.29) is 5.91 Å². The Bertz CT molecular complexity index is 1200. The largest absolute Gasteiger partial charge is 0.494 e. The summed E-state index contributed by atoms with van der Waals surface area (Å²) in [5, 5.41) is 11.5. The number of hydrogen-bond donors (Lipinski definition) is 1. The van der Waals surface area contributed by atoms with E-state index in [9.17, 15) is 4.79 Å². The van der Waals surface area contributed by atoms with Crippen LogP contribution in [0.4, 0.5) is 5.69 Å². The van der Waals surface area contributed by atoms with E-state index in [4.69, 9.17) is 4.74 Å². The minimum Gasteiger partial charge on any atom is -0.494 e. The molecule has 7 heteroatoms. The Labute approximate surface area is 187 Å². The zero-order chi connectivity index (χ0) is 22.5. The van der Waals surface area contributed by atoms with E-state index in [2.05, 4.69) is 34.5 Å². The van der Waals surface area contributed by atoms with Crippen LogP contribution in [0, 0.1) is 0 Å². The van der Waals surface area contributed by atoms with Gasteiger partial charge in [-0.15, -0.1) is 10.2 Å². The Kier molecular flexibility index (Phi) is 6.47. The van der Waals surface area contributed by atoms with Crippen LogP contribution in [-0.4, -0.2) is 52.7 Å². The number of carbonyl (C=O) groups excluding carboxylic acids is 1. The predicted molar refractivity (Wildman–Crippen MR) is 127 cm³/mol. The van der Waals surface area contributed by atoms with Crippen LogP contribution in [0.2, 0.25) is 0 Å². The zero-order valence-corrected chi connectivity index (χ0v) is 18.6. The standard InChI is InChI=1S/C25H27N5O2/c1-18(31)26-22-10-5-19(6-11-22)21-9-14-24-27-28-25(30(24)17-21)20-7-12-23(13-8-20)32-16-4-15-29(2)3/h5-14,17H,4,15-16H2,1-3H3,(H,26,31). The first-order valence-corrected chi connectivity index (χ1v) is 10.6. The fourth-order valence-electron chi connectivity index (χ4n) is 3.48. The van der Waals surface area contributed by atoms with Crippen LogP contribution in [0.25, 0.3) is 28.2 Å². The third-order valence-corrected chi connectivity index (χ3v) is 5.07. The zero-order valence-electron chi connectivity index (χ0n) is 18.6. The molecule has 164 valence electrons. The third kappa shape index (κ3) is 5.12. The van der Waals surface area contributed by atoms with Gasteiger partial charge in [-0.3, -0.25) is 9.20 Å². The number of nitrogens with one attached hydrogen (secondary N) is 1. The Morgan fingerprint density at radius 3 is 2.31 bits per heavy atom. The van der Waals surface area contributed by atoms with E-state index in [1.165, 1.54) is 6.92 Å². The van der Waals surface area contributed by atoms with Crippen molar-refractivity contribution in [3.05, 3.63) is 66.9 Å².